The predicted octanol–water partition coefficient (Wildman–Crippen LogP) is 3.36. The van der Waals surface area contributed by atoms with Crippen LogP contribution in [-0.4, -0.2) is 51.6 Å². The quantitative estimate of drug-likeness (QED) is 0.290. The summed E-state index contributed by atoms with van der Waals surface area (Å²) in [6.07, 6.45) is 8.42. The Balaban J connectivity index is 1.38. The molecule has 4 heterocycles. The van der Waals surface area contributed by atoms with E-state index in [0.29, 0.717) is 62.4 Å². The van der Waals surface area contributed by atoms with Crippen molar-refractivity contribution in [1.29, 1.82) is 0 Å². The van der Waals surface area contributed by atoms with Gasteiger partial charge in [-0.15, -0.1) is 0 Å². The predicted molar refractivity (Wildman–Crippen MR) is 148 cm³/mol. The van der Waals surface area contributed by atoms with Crippen molar-refractivity contribution in [3.8, 4) is 17.2 Å². The van der Waals surface area contributed by atoms with Crippen LogP contribution in [0.25, 0.3) is 16.6 Å². The van der Waals surface area contributed by atoms with Gasteiger partial charge in [0.15, 0.2) is 17.3 Å². The van der Waals surface area contributed by atoms with Crippen molar-refractivity contribution in [3.05, 3.63) is 76.9 Å². The topological polar surface area (TPSA) is 110 Å². The molecule has 2 amide bonds. The molecule has 1 fully saturated rings. The molecule has 0 bridgehead atoms. The molecule has 2 aliphatic rings. The van der Waals surface area contributed by atoms with Gasteiger partial charge in [-0.25, -0.2) is 9.37 Å². The molecule has 4 aromatic rings. The van der Waals surface area contributed by atoms with Gasteiger partial charge in [0.25, 0.3) is 5.91 Å². The van der Waals surface area contributed by atoms with E-state index in [1.807, 2.05) is 33.9 Å². The van der Waals surface area contributed by atoms with Crippen molar-refractivity contribution in [2.24, 2.45) is 0 Å². The highest BCUT2D eigenvalue weighted by atomic mass is 19.1. The molecule has 40 heavy (non-hydrogen) atoms. The monoisotopic (exact) mass is 544 g/mol. The molecule has 0 spiro atoms. The first-order valence-corrected chi connectivity index (χ1v) is 13.4. The number of hydrogen-bond acceptors (Lipinski definition) is 6. The van der Waals surface area contributed by atoms with Crippen molar-refractivity contribution in [1.82, 2.24) is 24.8 Å². The zero-order valence-electron chi connectivity index (χ0n) is 22.0. The van der Waals surface area contributed by atoms with Gasteiger partial charge in [-0.1, -0.05) is 19.1 Å². The van der Waals surface area contributed by atoms with Gasteiger partial charge in [-0.3, -0.25) is 14.4 Å². The number of nitrogens with one attached hydrogen (secondary N) is 2. The first-order valence-electron chi connectivity index (χ1n) is 13.4. The number of aryl methyl sites for hydroxylation is 1. The molecule has 206 valence electrons. The molecule has 2 aromatic carbocycles. The molecule has 1 atom stereocenters. The molecule has 2 aromatic heterocycles. The van der Waals surface area contributed by atoms with E-state index >= 15 is 4.39 Å². The fourth-order valence-electron chi connectivity index (χ4n) is 5.40. The molecule has 1 unspecified atom stereocenters. The Morgan fingerprint density at radius 1 is 1.25 bits per heavy atom. The van der Waals surface area contributed by atoms with E-state index in [-0.39, 0.29) is 34.3 Å². The molecule has 1 saturated heterocycles. The third-order valence-electron chi connectivity index (χ3n) is 7.38. The van der Waals surface area contributed by atoms with Crippen molar-refractivity contribution in [3.63, 3.8) is 0 Å². The number of amides is 2. The summed E-state index contributed by atoms with van der Waals surface area (Å²) in [6.45, 7) is 3.74. The van der Waals surface area contributed by atoms with Gasteiger partial charge in [-0.05, 0) is 31.0 Å². The number of benzene rings is 2. The first kappa shape index (κ1) is 25.6. The first-order chi connectivity index (χ1) is 19.4. The van der Waals surface area contributed by atoms with Crippen LogP contribution in [0, 0.1) is 5.82 Å². The van der Waals surface area contributed by atoms with Crippen molar-refractivity contribution >= 4 is 28.4 Å². The number of fused-ring (bicyclic) bond motifs is 2. The number of pyridine rings is 1. The number of ether oxygens (including phenoxy) is 1. The average molecular weight is 545 g/mol. The van der Waals surface area contributed by atoms with Crippen LogP contribution in [-0.2, 0) is 11.3 Å². The molecule has 10 nitrogen and oxygen atoms in total. The summed E-state index contributed by atoms with van der Waals surface area (Å²) in [5, 5.41) is 5.85. The second kappa shape index (κ2) is 10.5. The van der Waals surface area contributed by atoms with Gasteiger partial charge >= 0.3 is 0 Å². The SMILES string of the molecule is CCC(=O)NC1CCN(c2c(F)cc3c(=O)c(C(=O)NCCCn4ccnc4)cn4c3c2Oc2ccccc2-4)C1. The molecule has 0 aliphatic carbocycles. The minimum Gasteiger partial charge on any atom is -0.451 e. The second-order valence-electron chi connectivity index (χ2n) is 10.0. The number of aromatic nitrogens is 3. The smallest absolute Gasteiger partial charge is 0.256 e. The molecule has 0 radical (unpaired) electrons. The van der Waals surface area contributed by atoms with Crippen LogP contribution in [0.2, 0.25) is 0 Å². The lowest BCUT2D eigenvalue weighted by Gasteiger charge is -2.29. The standard InChI is InChI=1S/C29H29FN6O4/c1-2-24(37)33-18-8-12-35(15-18)26-21(30)14-19-25-28(26)40-23-7-4-3-6-22(23)36(25)16-20(27(19)38)29(39)32-9-5-11-34-13-10-31-17-34/h3-4,6-7,10,13-14,16-18H,2,5,8-9,11-12,15H2,1H3,(H,32,39)(H,33,37). The summed E-state index contributed by atoms with van der Waals surface area (Å²) in [7, 11) is 0. The van der Waals surface area contributed by atoms with Crippen LogP contribution < -0.4 is 25.7 Å². The Morgan fingerprint density at radius 2 is 2.10 bits per heavy atom. The Morgan fingerprint density at radius 3 is 2.90 bits per heavy atom. The van der Waals surface area contributed by atoms with E-state index in [4.69, 9.17) is 4.74 Å². The normalized spacial score (nSPS) is 15.6. The lowest BCUT2D eigenvalue weighted by Crippen LogP contribution is -2.37. The highest BCUT2D eigenvalue weighted by molar-refractivity contribution is 6.01. The Labute approximate surface area is 229 Å². The van der Waals surface area contributed by atoms with Crippen molar-refractivity contribution in [2.75, 3.05) is 24.5 Å². The van der Waals surface area contributed by atoms with Crippen LogP contribution in [0.15, 0.2) is 60.0 Å². The molecular formula is C29H29FN6O4. The molecular weight excluding hydrogens is 515 g/mol. The molecule has 2 N–H and O–H groups in total. The molecule has 2 aliphatic heterocycles. The third kappa shape index (κ3) is 4.57. The summed E-state index contributed by atoms with van der Waals surface area (Å²) in [5.74, 6) is -0.496. The van der Waals surface area contributed by atoms with Crippen LogP contribution >= 0.6 is 0 Å². The van der Waals surface area contributed by atoms with E-state index in [2.05, 4.69) is 15.6 Å². The summed E-state index contributed by atoms with van der Waals surface area (Å²) in [6, 6.07) is 8.30. The van der Waals surface area contributed by atoms with E-state index in [9.17, 15) is 14.4 Å². The van der Waals surface area contributed by atoms with Crippen molar-refractivity contribution < 1.29 is 18.7 Å². The van der Waals surface area contributed by atoms with Gasteiger partial charge in [0, 0.05) is 57.2 Å². The van der Waals surface area contributed by atoms with Crippen molar-refractivity contribution in [2.45, 2.75) is 38.8 Å². The van der Waals surface area contributed by atoms with Crippen LogP contribution in [0.3, 0.4) is 0 Å². The minimum absolute atomic E-state index is 0.0567. The fraction of sp³-hybridized carbons (Fsp3) is 0.310. The number of anilines is 1. The lowest BCUT2D eigenvalue weighted by molar-refractivity contribution is -0.121. The number of halogens is 1. The maximum absolute atomic E-state index is 15.8. The van der Waals surface area contributed by atoms with Crippen LogP contribution in [0.5, 0.6) is 11.5 Å². The summed E-state index contributed by atoms with van der Waals surface area (Å²) in [4.78, 5) is 44.5. The van der Waals surface area contributed by atoms with E-state index in [1.165, 1.54) is 12.3 Å². The Hall–Kier alpha value is -4.67. The molecule has 6 rings (SSSR count). The van der Waals surface area contributed by atoms with E-state index < -0.39 is 17.2 Å². The number of imidazole rings is 1. The minimum atomic E-state index is -0.620. The number of carbonyl (C=O) groups excluding carboxylic acids is 2. The largest absolute Gasteiger partial charge is 0.451 e. The molecule has 0 saturated carbocycles. The fourth-order valence-corrected chi connectivity index (χ4v) is 5.40. The third-order valence-corrected chi connectivity index (χ3v) is 7.38. The summed E-state index contributed by atoms with van der Waals surface area (Å²) < 4.78 is 25.7. The summed E-state index contributed by atoms with van der Waals surface area (Å²) >= 11 is 0. The van der Waals surface area contributed by atoms with Gasteiger partial charge in [-0.2, -0.15) is 0 Å². The van der Waals surface area contributed by atoms with Gasteiger partial charge in [0.1, 0.15) is 16.8 Å². The number of nitrogens with zero attached hydrogens (tertiary/aromatic N) is 4. The second-order valence-corrected chi connectivity index (χ2v) is 10.0. The average Bonchev–Trinajstić information content (AvgIpc) is 3.64. The maximum atomic E-state index is 15.8. The maximum Gasteiger partial charge on any atom is 0.256 e. The zero-order valence-corrected chi connectivity index (χ0v) is 22.0. The van der Waals surface area contributed by atoms with Crippen LogP contribution in [0.4, 0.5) is 10.1 Å². The number of hydrogen-bond donors (Lipinski definition) is 2. The Bertz CT molecular complexity index is 1670. The van der Waals surface area contributed by atoms with E-state index in [0.717, 1.165) is 0 Å². The van der Waals surface area contributed by atoms with Gasteiger partial charge in [0.2, 0.25) is 11.3 Å². The van der Waals surface area contributed by atoms with Gasteiger partial charge in [0.05, 0.1) is 17.4 Å². The number of carbonyl (C=O) groups is 2. The number of rotatable bonds is 8. The Kier molecular flexibility index (Phi) is 6.71. The highest BCUT2D eigenvalue weighted by Gasteiger charge is 2.33. The van der Waals surface area contributed by atoms with Crippen LogP contribution in [0.1, 0.15) is 36.5 Å². The zero-order chi connectivity index (χ0) is 27.8. The molecule has 11 heteroatoms. The van der Waals surface area contributed by atoms with Gasteiger partial charge < -0.3 is 29.4 Å². The number of para-hydroxylation sites is 2. The lowest BCUT2D eigenvalue weighted by atomic mass is 10.1. The van der Waals surface area contributed by atoms with E-state index in [1.54, 1.807) is 30.1 Å². The highest BCUT2D eigenvalue weighted by Crippen LogP contribution is 2.47. The summed E-state index contributed by atoms with van der Waals surface area (Å²) in [5.41, 5.74) is 0.634.